The van der Waals surface area contributed by atoms with Crippen molar-refractivity contribution in [1.82, 2.24) is 15.5 Å². The van der Waals surface area contributed by atoms with Gasteiger partial charge in [0.05, 0.1) is 0 Å². The molecular weight excluding hydrogens is 230 g/mol. The van der Waals surface area contributed by atoms with E-state index < -0.39 is 0 Å². The summed E-state index contributed by atoms with van der Waals surface area (Å²) in [4.78, 5) is 25.2. The van der Waals surface area contributed by atoms with Crippen molar-refractivity contribution in [3.8, 4) is 0 Å². The molecule has 0 bridgehead atoms. The number of carbonyl (C=O) groups is 2. The number of nitrogens with zero attached hydrogens (tertiary/aromatic N) is 1. The van der Waals surface area contributed by atoms with Crippen LogP contribution in [0.25, 0.3) is 0 Å². The molecule has 18 heavy (non-hydrogen) atoms. The molecule has 0 aromatic carbocycles. The summed E-state index contributed by atoms with van der Waals surface area (Å²) in [5.74, 6) is 0.928. The lowest BCUT2D eigenvalue weighted by Gasteiger charge is -2.34. The fourth-order valence-electron chi connectivity index (χ4n) is 2.47. The standard InChI is InChI=1S/C13H23N3O2/c1-2-12(17)15-11-3-5-16(6-4-11)13(18)7-10-8-14-9-10/h10-11,14H,2-9H2,1H3,(H,15,17). The molecule has 0 spiro atoms. The normalized spacial score (nSPS) is 21.5. The number of likely N-dealkylation sites (tertiary alicyclic amines) is 1. The number of nitrogens with one attached hydrogen (secondary N) is 2. The van der Waals surface area contributed by atoms with Gasteiger partial charge in [0.15, 0.2) is 0 Å². The third kappa shape index (κ3) is 3.45. The Kier molecular flexibility index (Phi) is 4.58. The quantitative estimate of drug-likeness (QED) is 0.748. The minimum atomic E-state index is 0.111. The molecular formula is C13H23N3O2. The van der Waals surface area contributed by atoms with E-state index in [1.165, 1.54) is 0 Å². The average Bonchev–Trinajstić information content (AvgIpc) is 2.34. The Bertz CT molecular complexity index is 307. The Morgan fingerprint density at radius 3 is 2.44 bits per heavy atom. The van der Waals surface area contributed by atoms with E-state index in [-0.39, 0.29) is 17.9 Å². The highest BCUT2D eigenvalue weighted by molar-refractivity contribution is 5.77. The second-order valence-electron chi connectivity index (χ2n) is 5.30. The third-order valence-corrected chi connectivity index (χ3v) is 3.86. The number of rotatable bonds is 4. The summed E-state index contributed by atoms with van der Waals surface area (Å²) in [6.45, 7) is 5.39. The van der Waals surface area contributed by atoms with Gasteiger partial charge in [-0.3, -0.25) is 9.59 Å². The largest absolute Gasteiger partial charge is 0.353 e. The first kappa shape index (κ1) is 13.3. The molecule has 0 saturated carbocycles. The fourth-order valence-corrected chi connectivity index (χ4v) is 2.47. The number of hydrogen-bond acceptors (Lipinski definition) is 3. The number of piperidine rings is 1. The van der Waals surface area contributed by atoms with Crippen LogP contribution in [0, 0.1) is 5.92 Å². The molecule has 102 valence electrons. The van der Waals surface area contributed by atoms with Crippen LogP contribution in [0.1, 0.15) is 32.6 Å². The number of hydrogen-bond donors (Lipinski definition) is 2. The van der Waals surface area contributed by atoms with Crippen LogP contribution in [-0.4, -0.2) is 48.9 Å². The van der Waals surface area contributed by atoms with E-state index in [0.717, 1.165) is 39.0 Å². The lowest BCUT2D eigenvalue weighted by atomic mass is 9.97. The molecule has 2 aliphatic rings. The molecule has 0 aromatic heterocycles. The molecule has 0 aromatic rings. The molecule has 0 unspecified atom stereocenters. The maximum atomic E-state index is 12.0. The number of amides is 2. The minimum absolute atomic E-state index is 0.111. The Labute approximate surface area is 108 Å². The monoisotopic (exact) mass is 253 g/mol. The van der Waals surface area contributed by atoms with Gasteiger partial charge in [-0.05, 0) is 31.8 Å². The molecule has 2 heterocycles. The third-order valence-electron chi connectivity index (χ3n) is 3.86. The van der Waals surface area contributed by atoms with E-state index in [1.54, 1.807) is 0 Å². The fraction of sp³-hybridized carbons (Fsp3) is 0.846. The predicted octanol–water partition coefficient (Wildman–Crippen LogP) is 0.113. The first-order valence-electron chi connectivity index (χ1n) is 6.97. The Balaban J connectivity index is 1.68. The van der Waals surface area contributed by atoms with E-state index in [1.807, 2.05) is 11.8 Å². The lowest BCUT2D eigenvalue weighted by molar-refractivity contribution is -0.133. The van der Waals surface area contributed by atoms with Crippen molar-refractivity contribution < 1.29 is 9.59 Å². The van der Waals surface area contributed by atoms with Gasteiger partial charge >= 0.3 is 0 Å². The van der Waals surface area contributed by atoms with Gasteiger partial charge in [-0.1, -0.05) is 6.92 Å². The lowest BCUT2D eigenvalue weighted by Crippen LogP contribution is -2.49. The molecule has 5 nitrogen and oxygen atoms in total. The van der Waals surface area contributed by atoms with E-state index in [0.29, 0.717) is 18.8 Å². The van der Waals surface area contributed by atoms with Crippen molar-refractivity contribution in [3.05, 3.63) is 0 Å². The van der Waals surface area contributed by atoms with Gasteiger partial charge in [-0.25, -0.2) is 0 Å². The Morgan fingerprint density at radius 1 is 1.28 bits per heavy atom. The average molecular weight is 253 g/mol. The van der Waals surface area contributed by atoms with Crippen molar-refractivity contribution >= 4 is 11.8 Å². The first-order chi connectivity index (χ1) is 8.69. The zero-order valence-corrected chi connectivity index (χ0v) is 11.1. The van der Waals surface area contributed by atoms with Crippen molar-refractivity contribution in [1.29, 1.82) is 0 Å². The Hall–Kier alpha value is -1.10. The van der Waals surface area contributed by atoms with Crippen LogP contribution >= 0.6 is 0 Å². The molecule has 2 amide bonds. The molecule has 2 rings (SSSR count). The molecule has 5 heteroatoms. The summed E-state index contributed by atoms with van der Waals surface area (Å²) in [6, 6.07) is 0.256. The van der Waals surface area contributed by atoms with Gasteiger partial charge in [-0.15, -0.1) is 0 Å². The molecule has 0 radical (unpaired) electrons. The smallest absolute Gasteiger partial charge is 0.222 e. The topological polar surface area (TPSA) is 61.4 Å². The van der Waals surface area contributed by atoms with Gasteiger partial charge in [0.2, 0.25) is 11.8 Å². The van der Waals surface area contributed by atoms with Gasteiger partial charge in [0.25, 0.3) is 0 Å². The second-order valence-corrected chi connectivity index (χ2v) is 5.30. The summed E-state index contributed by atoms with van der Waals surface area (Å²) < 4.78 is 0. The van der Waals surface area contributed by atoms with Gasteiger partial charge < -0.3 is 15.5 Å². The molecule has 2 fully saturated rings. The molecule has 2 aliphatic heterocycles. The van der Waals surface area contributed by atoms with E-state index >= 15 is 0 Å². The van der Waals surface area contributed by atoms with E-state index in [2.05, 4.69) is 10.6 Å². The minimum Gasteiger partial charge on any atom is -0.353 e. The highest BCUT2D eigenvalue weighted by Crippen LogP contribution is 2.15. The summed E-state index contributed by atoms with van der Waals surface area (Å²) in [6.07, 6.45) is 2.99. The number of carbonyl (C=O) groups excluding carboxylic acids is 2. The maximum absolute atomic E-state index is 12.0. The van der Waals surface area contributed by atoms with Crippen LogP contribution in [0.3, 0.4) is 0 Å². The van der Waals surface area contributed by atoms with Crippen molar-refractivity contribution in [2.45, 2.75) is 38.6 Å². The summed E-state index contributed by atoms with van der Waals surface area (Å²) >= 11 is 0. The zero-order chi connectivity index (χ0) is 13.0. The van der Waals surface area contributed by atoms with Crippen LogP contribution in [0.15, 0.2) is 0 Å². The van der Waals surface area contributed by atoms with Gasteiger partial charge in [-0.2, -0.15) is 0 Å². The molecule has 2 N–H and O–H groups in total. The van der Waals surface area contributed by atoms with Crippen LogP contribution < -0.4 is 10.6 Å². The zero-order valence-electron chi connectivity index (χ0n) is 11.1. The van der Waals surface area contributed by atoms with E-state index in [9.17, 15) is 9.59 Å². The van der Waals surface area contributed by atoms with Crippen LogP contribution in [0.5, 0.6) is 0 Å². The van der Waals surface area contributed by atoms with Crippen LogP contribution in [-0.2, 0) is 9.59 Å². The molecule has 0 aliphatic carbocycles. The summed E-state index contributed by atoms with van der Waals surface area (Å²) in [7, 11) is 0. The molecule has 0 atom stereocenters. The summed E-state index contributed by atoms with van der Waals surface area (Å²) in [5.41, 5.74) is 0. The maximum Gasteiger partial charge on any atom is 0.222 e. The SMILES string of the molecule is CCC(=O)NC1CCN(C(=O)CC2CNC2)CC1. The second kappa shape index (κ2) is 6.18. The predicted molar refractivity (Wildman–Crippen MR) is 69.0 cm³/mol. The first-order valence-corrected chi connectivity index (χ1v) is 6.97. The van der Waals surface area contributed by atoms with Gasteiger partial charge in [0, 0.05) is 32.0 Å². The van der Waals surface area contributed by atoms with Crippen molar-refractivity contribution in [2.75, 3.05) is 26.2 Å². The highest BCUT2D eigenvalue weighted by Gasteiger charge is 2.27. The van der Waals surface area contributed by atoms with Crippen molar-refractivity contribution in [3.63, 3.8) is 0 Å². The van der Waals surface area contributed by atoms with E-state index in [4.69, 9.17) is 0 Å². The summed E-state index contributed by atoms with van der Waals surface area (Å²) in [5, 5.41) is 6.19. The highest BCUT2D eigenvalue weighted by atomic mass is 16.2. The van der Waals surface area contributed by atoms with Crippen LogP contribution in [0.2, 0.25) is 0 Å². The van der Waals surface area contributed by atoms with Crippen LogP contribution in [0.4, 0.5) is 0 Å². The van der Waals surface area contributed by atoms with Crippen molar-refractivity contribution in [2.24, 2.45) is 5.92 Å². The Morgan fingerprint density at radius 2 is 1.94 bits per heavy atom. The van der Waals surface area contributed by atoms with Gasteiger partial charge in [0.1, 0.15) is 0 Å². The molecule has 2 saturated heterocycles.